The van der Waals surface area contributed by atoms with Crippen LogP contribution in [-0.2, 0) is 46.3 Å². The molecule has 3 unspecified atom stereocenters. The van der Waals surface area contributed by atoms with Crippen molar-refractivity contribution >= 4 is 33.4 Å². The third-order valence-corrected chi connectivity index (χ3v) is 12.9. The highest BCUT2D eigenvalue weighted by atomic mass is 31.3. The summed E-state index contributed by atoms with van der Waals surface area (Å²) in [7, 11) is -10.8. The molecule has 2 rings (SSSR count). The molecule has 2 heterocycles. The van der Waals surface area contributed by atoms with Gasteiger partial charge in [-0.05, 0) is 30.7 Å². The second kappa shape index (κ2) is 30.0. The minimum absolute atomic E-state index is 0.0544. The van der Waals surface area contributed by atoms with Gasteiger partial charge in [0.2, 0.25) is 0 Å². The number of ether oxygens (including phenoxy) is 3. The minimum Gasteiger partial charge on any atom is -0.462 e. The number of rotatable bonds is 35. The Morgan fingerprint density at radius 1 is 0.738 bits per heavy atom. The van der Waals surface area contributed by atoms with E-state index in [1.807, 2.05) is 0 Å². The topological polar surface area (TPSA) is 265 Å². The molecule has 354 valence electrons. The summed E-state index contributed by atoms with van der Waals surface area (Å²) in [5.74, 6) is 0.158. The lowest BCUT2D eigenvalue weighted by atomic mass is 10.0. The minimum atomic E-state index is -5.41. The van der Waals surface area contributed by atoms with E-state index in [-0.39, 0.29) is 18.7 Å². The van der Waals surface area contributed by atoms with E-state index in [4.69, 9.17) is 29.0 Å². The van der Waals surface area contributed by atoms with E-state index < -0.39 is 83.7 Å². The lowest BCUT2D eigenvalue weighted by Gasteiger charge is -2.21. The number of esters is 2. The number of carbonyl (C=O) groups excluding carboxylic acids is 2. The van der Waals surface area contributed by atoms with E-state index >= 15 is 0 Å². The standard InChI is InChI=1S/C41H75N3O15P2/c1-31(2)22-18-14-10-7-5-6-8-12-17-21-25-37(46)57-33(28-54-36(45)24-20-16-13-9-11-15-19-23-32(3)4)29-55-60(50,51)59-61(52,53)56-30-34-38(47)39(48)40(58-34)44-27-26-35(42)43-41(44)49/h26-27,31-34,38-40,47-48H,5-25,28-30H2,1-4H3,(H,50,51)(H,52,53)(H2,42,43,49)/t33-,34-,38+,39?,40-/m1/s1. The van der Waals surface area contributed by atoms with Crippen LogP contribution in [0, 0.1) is 11.8 Å². The van der Waals surface area contributed by atoms with Crippen LogP contribution < -0.4 is 11.4 Å². The quantitative estimate of drug-likeness (QED) is 0.0249. The van der Waals surface area contributed by atoms with Gasteiger partial charge >= 0.3 is 33.3 Å². The number of hydrogen-bond acceptors (Lipinski definition) is 15. The molecule has 61 heavy (non-hydrogen) atoms. The maximum absolute atomic E-state index is 12.8. The van der Waals surface area contributed by atoms with Gasteiger partial charge in [0.25, 0.3) is 0 Å². The van der Waals surface area contributed by atoms with Crippen LogP contribution in [0.25, 0.3) is 0 Å². The summed E-state index contributed by atoms with van der Waals surface area (Å²) in [5, 5.41) is 20.8. The summed E-state index contributed by atoms with van der Waals surface area (Å²) in [5.41, 5.74) is 4.58. The predicted molar refractivity (Wildman–Crippen MR) is 229 cm³/mol. The average Bonchev–Trinajstić information content (AvgIpc) is 3.46. The van der Waals surface area contributed by atoms with Crippen LogP contribution in [0.4, 0.5) is 5.82 Å². The average molecular weight is 912 g/mol. The Labute approximate surface area is 361 Å². The van der Waals surface area contributed by atoms with Gasteiger partial charge in [0.1, 0.15) is 30.7 Å². The fourth-order valence-corrected chi connectivity index (χ4v) is 8.91. The van der Waals surface area contributed by atoms with Crippen molar-refractivity contribution in [3.63, 3.8) is 0 Å². The molecule has 0 radical (unpaired) electrons. The van der Waals surface area contributed by atoms with E-state index in [0.29, 0.717) is 18.8 Å². The molecule has 0 saturated carbocycles. The first kappa shape index (κ1) is 54.9. The molecule has 1 fully saturated rings. The third-order valence-electron chi connectivity index (χ3n) is 10.3. The molecule has 0 aliphatic carbocycles. The zero-order valence-electron chi connectivity index (χ0n) is 36.8. The van der Waals surface area contributed by atoms with Crippen LogP contribution in [0.1, 0.15) is 169 Å². The highest BCUT2D eigenvalue weighted by Crippen LogP contribution is 2.60. The van der Waals surface area contributed by atoms with E-state index in [9.17, 15) is 43.5 Å². The molecule has 1 aliphatic rings. The number of aromatic nitrogens is 2. The second-order valence-corrected chi connectivity index (χ2v) is 19.9. The van der Waals surface area contributed by atoms with Gasteiger partial charge in [0.05, 0.1) is 13.2 Å². The first-order valence-electron chi connectivity index (χ1n) is 22.3. The van der Waals surface area contributed by atoms with Crippen LogP contribution in [0.2, 0.25) is 0 Å². The van der Waals surface area contributed by atoms with Crippen molar-refractivity contribution in [2.24, 2.45) is 11.8 Å². The Balaban J connectivity index is 1.84. The van der Waals surface area contributed by atoms with Crippen molar-refractivity contribution in [1.29, 1.82) is 0 Å². The Kier molecular flexibility index (Phi) is 27.0. The fraction of sp³-hybridized carbons (Fsp3) is 0.854. The Bertz CT molecular complexity index is 1550. The van der Waals surface area contributed by atoms with E-state index in [1.54, 1.807) is 0 Å². The SMILES string of the molecule is CC(C)CCCCCCCCCCCCC(=O)O[C@H](COC(=O)CCCCCCCCCC(C)C)COP(=O)(O)OP(=O)(O)OC[C@H]1O[C@@H](n2ccc(N)nc2=O)C(O)[C@H]1O. The maximum atomic E-state index is 12.8. The monoisotopic (exact) mass is 911 g/mol. The van der Waals surface area contributed by atoms with Crippen molar-refractivity contribution in [2.75, 3.05) is 25.6 Å². The number of nitrogen functional groups attached to an aromatic ring is 1. The summed E-state index contributed by atoms with van der Waals surface area (Å²) in [4.78, 5) is 61.5. The van der Waals surface area contributed by atoms with Gasteiger partial charge in [-0.1, -0.05) is 137 Å². The van der Waals surface area contributed by atoms with Gasteiger partial charge in [-0.3, -0.25) is 23.2 Å². The number of phosphoric acid groups is 2. The molecular weight excluding hydrogens is 836 g/mol. The van der Waals surface area contributed by atoms with Gasteiger partial charge in [0.15, 0.2) is 12.3 Å². The van der Waals surface area contributed by atoms with Gasteiger partial charge in [-0.15, -0.1) is 0 Å². The normalized spacial score (nSPS) is 20.4. The number of nitrogens with zero attached hydrogens (tertiary/aromatic N) is 2. The smallest absolute Gasteiger partial charge is 0.462 e. The van der Waals surface area contributed by atoms with Gasteiger partial charge in [0, 0.05) is 19.0 Å². The number of unbranched alkanes of at least 4 members (excludes halogenated alkanes) is 15. The van der Waals surface area contributed by atoms with Gasteiger partial charge in [-0.25, -0.2) is 13.9 Å². The molecule has 1 saturated heterocycles. The van der Waals surface area contributed by atoms with Crippen LogP contribution in [0.15, 0.2) is 17.1 Å². The van der Waals surface area contributed by atoms with Crippen molar-refractivity contribution in [2.45, 2.75) is 193 Å². The number of anilines is 1. The molecule has 6 N–H and O–H groups in total. The van der Waals surface area contributed by atoms with Crippen LogP contribution in [-0.4, -0.2) is 85.7 Å². The molecule has 18 nitrogen and oxygen atoms in total. The van der Waals surface area contributed by atoms with E-state index in [0.717, 1.165) is 68.0 Å². The van der Waals surface area contributed by atoms with Crippen LogP contribution >= 0.6 is 15.6 Å². The van der Waals surface area contributed by atoms with Crippen LogP contribution in [0.5, 0.6) is 0 Å². The summed E-state index contributed by atoms with van der Waals surface area (Å²) in [6.07, 6.45) is 13.9. The molecule has 0 amide bonds. The van der Waals surface area contributed by atoms with E-state index in [2.05, 4.69) is 37.0 Å². The molecule has 0 spiro atoms. The maximum Gasteiger partial charge on any atom is 0.481 e. The molecule has 1 aromatic rings. The molecule has 20 heteroatoms. The van der Waals surface area contributed by atoms with Crippen molar-refractivity contribution < 1.29 is 66.3 Å². The summed E-state index contributed by atoms with van der Waals surface area (Å²) in [6.45, 7) is 6.64. The van der Waals surface area contributed by atoms with Gasteiger partial charge < -0.3 is 39.9 Å². The molecular formula is C41H75N3O15P2. The number of nitrogens with two attached hydrogens (primary N) is 1. The first-order chi connectivity index (χ1) is 28.9. The molecule has 1 aliphatic heterocycles. The number of aliphatic hydroxyl groups is 2. The zero-order chi connectivity index (χ0) is 45.3. The van der Waals surface area contributed by atoms with Crippen molar-refractivity contribution in [1.82, 2.24) is 9.55 Å². The Morgan fingerprint density at radius 2 is 1.21 bits per heavy atom. The molecule has 0 aromatic carbocycles. The van der Waals surface area contributed by atoms with Crippen molar-refractivity contribution in [3.05, 3.63) is 22.7 Å². The van der Waals surface area contributed by atoms with Gasteiger partial charge in [-0.2, -0.15) is 9.29 Å². The lowest BCUT2D eigenvalue weighted by molar-refractivity contribution is -0.161. The number of aliphatic hydroxyl groups excluding tert-OH is 2. The number of hydrogen-bond donors (Lipinski definition) is 5. The summed E-state index contributed by atoms with van der Waals surface area (Å²) in [6, 6.07) is 1.25. The molecule has 1 aromatic heterocycles. The van der Waals surface area contributed by atoms with Crippen molar-refractivity contribution in [3.8, 4) is 0 Å². The number of phosphoric ester groups is 2. The Hall–Kier alpha value is -2.24. The van der Waals surface area contributed by atoms with Crippen LogP contribution in [0.3, 0.4) is 0 Å². The predicted octanol–water partition coefficient (Wildman–Crippen LogP) is 7.65. The fourth-order valence-electron chi connectivity index (χ4n) is 6.80. The number of carbonyl (C=O) groups is 2. The third kappa shape index (κ3) is 25.0. The van der Waals surface area contributed by atoms with E-state index in [1.165, 1.54) is 63.9 Å². The first-order valence-corrected chi connectivity index (χ1v) is 25.3. The molecule has 7 atom stereocenters. The highest BCUT2D eigenvalue weighted by Gasteiger charge is 2.46. The lowest BCUT2D eigenvalue weighted by Crippen LogP contribution is -2.36. The largest absolute Gasteiger partial charge is 0.481 e. The second-order valence-electron chi connectivity index (χ2n) is 16.9. The highest BCUT2D eigenvalue weighted by molar-refractivity contribution is 7.61. The summed E-state index contributed by atoms with van der Waals surface area (Å²) < 4.78 is 56.5. The summed E-state index contributed by atoms with van der Waals surface area (Å²) >= 11 is 0. The zero-order valence-corrected chi connectivity index (χ0v) is 38.6. The molecule has 0 bridgehead atoms. The Morgan fingerprint density at radius 3 is 1.72 bits per heavy atom.